The van der Waals surface area contributed by atoms with Gasteiger partial charge in [0.2, 0.25) is 5.91 Å². The van der Waals surface area contributed by atoms with Crippen LogP contribution in [0.3, 0.4) is 0 Å². The maximum Gasteiger partial charge on any atom is 0.237 e. The molecule has 0 aromatic carbocycles. The van der Waals surface area contributed by atoms with E-state index in [-0.39, 0.29) is 24.0 Å². The molecule has 2 heterocycles. The van der Waals surface area contributed by atoms with E-state index < -0.39 is 0 Å². The van der Waals surface area contributed by atoms with Gasteiger partial charge in [-0.2, -0.15) is 0 Å². The summed E-state index contributed by atoms with van der Waals surface area (Å²) in [5, 5.41) is 12.7. The Labute approximate surface area is 97.0 Å². The van der Waals surface area contributed by atoms with E-state index in [4.69, 9.17) is 0 Å². The van der Waals surface area contributed by atoms with E-state index in [2.05, 4.69) is 17.1 Å². The highest BCUT2D eigenvalue weighted by atomic mass is 16.3. The molecule has 3 atom stereocenters. The van der Waals surface area contributed by atoms with E-state index >= 15 is 0 Å². The molecule has 2 aliphatic heterocycles. The molecule has 0 spiro atoms. The zero-order valence-electron chi connectivity index (χ0n) is 9.98. The lowest BCUT2D eigenvalue weighted by atomic mass is 9.94. The Kier molecular flexibility index (Phi) is 3.82. The number of amides is 1. The van der Waals surface area contributed by atoms with Gasteiger partial charge in [-0.15, -0.1) is 0 Å². The first kappa shape index (κ1) is 11.9. The molecule has 2 saturated heterocycles. The maximum absolute atomic E-state index is 11.9. The fourth-order valence-electron chi connectivity index (χ4n) is 2.72. The van der Waals surface area contributed by atoms with Gasteiger partial charge in [0.1, 0.15) is 0 Å². The van der Waals surface area contributed by atoms with Gasteiger partial charge >= 0.3 is 0 Å². The van der Waals surface area contributed by atoms with Crippen LogP contribution < -0.4 is 5.32 Å². The number of nitrogens with one attached hydrogen (secondary N) is 1. The summed E-state index contributed by atoms with van der Waals surface area (Å²) in [5.41, 5.74) is 0. The smallest absolute Gasteiger partial charge is 0.237 e. The molecular weight excluding hydrogens is 204 g/mol. The van der Waals surface area contributed by atoms with E-state index in [9.17, 15) is 9.90 Å². The predicted octanol–water partition coefficient (Wildman–Crippen LogP) is 0.358. The van der Waals surface area contributed by atoms with Crippen LogP contribution in [0.5, 0.6) is 0 Å². The summed E-state index contributed by atoms with van der Waals surface area (Å²) in [5.74, 6) is 0.464. The van der Waals surface area contributed by atoms with Crippen molar-refractivity contribution in [2.45, 2.75) is 44.8 Å². The summed E-state index contributed by atoms with van der Waals surface area (Å²) in [6.45, 7) is 4.58. The zero-order valence-corrected chi connectivity index (χ0v) is 9.98. The van der Waals surface area contributed by atoms with Crippen molar-refractivity contribution >= 4 is 5.91 Å². The van der Waals surface area contributed by atoms with Crippen molar-refractivity contribution in [2.75, 3.05) is 19.6 Å². The summed E-state index contributed by atoms with van der Waals surface area (Å²) in [6, 6.07) is 0.0393. The third kappa shape index (κ3) is 2.55. The normalized spacial score (nSPS) is 37.9. The minimum absolute atomic E-state index is 0.0393. The molecule has 0 aliphatic carbocycles. The van der Waals surface area contributed by atoms with Crippen LogP contribution in [0.25, 0.3) is 0 Å². The molecule has 2 aliphatic rings. The lowest BCUT2D eigenvalue weighted by Crippen LogP contribution is -2.52. The predicted molar refractivity (Wildman–Crippen MR) is 62.0 cm³/mol. The van der Waals surface area contributed by atoms with Crippen molar-refractivity contribution in [3.63, 3.8) is 0 Å². The van der Waals surface area contributed by atoms with Crippen molar-refractivity contribution < 1.29 is 9.90 Å². The first-order valence-corrected chi connectivity index (χ1v) is 6.38. The molecule has 2 rings (SSSR count). The average Bonchev–Trinajstić information content (AvgIpc) is 2.47. The third-order valence-corrected chi connectivity index (χ3v) is 3.84. The molecule has 1 amide bonds. The Morgan fingerprint density at radius 3 is 2.94 bits per heavy atom. The van der Waals surface area contributed by atoms with Crippen molar-refractivity contribution in [1.29, 1.82) is 0 Å². The molecule has 3 unspecified atom stereocenters. The number of hydrogen-bond acceptors (Lipinski definition) is 3. The van der Waals surface area contributed by atoms with Gasteiger partial charge in [-0.1, -0.05) is 6.92 Å². The number of carbonyl (C=O) groups is 1. The van der Waals surface area contributed by atoms with Gasteiger partial charge in [0.25, 0.3) is 0 Å². The summed E-state index contributed by atoms with van der Waals surface area (Å²) in [6.07, 6.45) is 3.79. The van der Waals surface area contributed by atoms with E-state index in [0.717, 1.165) is 45.3 Å². The number of rotatable bonds is 1. The van der Waals surface area contributed by atoms with Gasteiger partial charge in [-0.3, -0.25) is 9.69 Å². The fraction of sp³-hybridized carbons (Fsp3) is 0.917. The molecule has 4 nitrogen and oxygen atoms in total. The summed E-state index contributed by atoms with van der Waals surface area (Å²) < 4.78 is 0. The number of aliphatic hydroxyl groups is 1. The Morgan fingerprint density at radius 1 is 1.38 bits per heavy atom. The van der Waals surface area contributed by atoms with Crippen molar-refractivity contribution in [1.82, 2.24) is 10.2 Å². The van der Waals surface area contributed by atoms with Crippen LogP contribution in [0, 0.1) is 5.92 Å². The summed E-state index contributed by atoms with van der Waals surface area (Å²) in [7, 11) is 0. The average molecular weight is 226 g/mol. The highest BCUT2D eigenvalue weighted by Gasteiger charge is 2.32. The third-order valence-electron chi connectivity index (χ3n) is 3.84. The number of nitrogens with zero attached hydrogens (tertiary/aromatic N) is 1. The molecule has 16 heavy (non-hydrogen) atoms. The summed E-state index contributed by atoms with van der Waals surface area (Å²) in [4.78, 5) is 14.1. The molecule has 2 fully saturated rings. The summed E-state index contributed by atoms with van der Waals surface area (Å²) >= 11 is 0. The Morgan fingerprint density at radius 2 is 2.19 bits per heavy atom. The molecule has 0 radical (unpaired) electrons. The van der Waals surface area contributed by atoms with Gasteiger partial charge in [-0.25, -0.2) is 0 Å². The minimum Gasteiger partial charge on any atom is -0.393 e. The van der Waals surface area contributed by atoms with Crippen molar-refractivity contribution in [3.05, 3.63) is 0 Å². The van der Waals surface area contributed by atoms with E-state index in [1.54, 1.807) is 0 Å². The van der Waals surface area contributed by atoms with Crippen LogP contribution in [-0.2, 0) is 4.79 Å². The zero-order chi connectivity index (χ0) is 11.5. The van der Waals surface area contributed by atoms with Gasteiger partial charge in [0.15, 0.2) is 0 Å². The number of likely N-dealkylation sites (tertiary alicyclic amines) is 1. The monoisotopic (exact) mass is 226 g/mol. The second-order valence-corrected chi connectivity index (χ2v) is 5.13. The van der Waals surface area contributed by atoms with Gasteiger partial charge in [-0.05, 0) is 31.6 Å². The molecule has 2 N–H and O–H groups in total. The quantitative estimate of drug-likeness (QED) is 0.678. The topological polar surface area (TPSA) is 52.6 Å². The molecule has 4 heteroatoms. The van der Waals surface area contributed by atoms with E-state index in [1.165, 1.54) is 0 Å². The first-order valence-electron chi connectivity index (χ1n) is 6.38. The number of hydrogen-bond donors (Lipinski definition) is 2. The highest BCUT2D eigenvalue weighted by molar-refractivity contribution is 5.81. The largest absolute Gasteiger partial charge is 0.393 e. The van der Waals surface area contributed by atoms with Gasteiger partial charge < -0.3 is 10.4 Å². The SMILES string of the molecule is CC1CN(C2CCCCNC2=O)CCC1O. The Bertz CT molecular complexity index is 257. The van der Waals surface area contributed by atoms with Crippen LogP contribution in [0.1, 0.15) is 32.6 Å². The van der Waals surface area contributed by atoms with Gasteiger partial charge in [0.05, 0.1) is 12.1 Å². The number of piperidine rings is 1. The molecule has 0 aromatic heterocycles. The van der Waals surface area contributed by atoms with Gasteiger partial charge in [0, 0.05) is 19.6 Å². The van der Waals surface area contributed by atoms with E-state index in [1.807, 2.05) is 0 Å². The van der Waals surface area contributed by atoms with Crippen LogP contribution in [0.15, 0.2) is 0 Å². The number of carbonyl (C=O) groups excluding carboxylic acids is 1. The molecule has 0 bridgehead atoms. The van der Waals surface area contributed by atoms with Crippen molar-refractivity contribution in [2.24, 2.45) is 5.92 Å². The van der Waals surface area contributed by atoms with Crippen LogP contribution in [0.2, 0.25) is 0 Å². The van der Waals surface area contributed by atoms with Crippen LogP contribution in [0.4, 0.5) is 0 Å². The Balaban J connectivity index is 1.97. The lowest BCUT2D eigenvalue weighted by Gasteiger charge is -2.38. The molecule has 0 saturated carbocycles. The highest BCUT2D eigenvalue weighted by Crippen LogP contribution is 2.21. The first-order chi connectivity index (χ1) is 7.68. The fourth-order valence-corrected chi connectivity index (χ4v) is 2.72. The lowest BCUT2D eigenvalue weighted by molar-refractivity contribution is -0.127. The minimum atomic E-state index is -0.190. The van der Waals surface area contributed by atoms with E-state index in [0.29, 0.717) is 0 Å². The molecule has 0 aromatic rings. The molecular formula is C12H22N2O2. The van der Waals surface area contributed by atoms with Crippen molar-refractivity contribution in [3.8, 4) is 0 Å². The van der Waals surface area contributed by atoms with Crippen LogP contribution >= 0.6 is 0 Å². The second kappa shape index (κ2) is 5.15. The maximum atomic E-state index is 11.9. The van der Waals surface area contributed by atoms with Crippen LogP contribution in [-0.4, -0.2) is 47.7 Å². The number of aliphatic hydroxyl groups excluding tert-OH is 1. The second-order valence-electron chi connectivity index (χ2n) is 5.13. The molecule has 92 valence electrons. The standard InChI is InChI=1S/C12H22N2O2/c1-9-8-14(7-5-11(9)15)10-4-2-3-6-13-12(10)16/h9-11,15H,2-8H2,1H3,(H,13,16). The Hall–Kier alpha value is -0.610.